The van der Waals surface area contributed by atoms with Crippen LogP contribution in [0.15, 0.2) is 12.5 Å². The maximum absolute atomic E-state index is 9.02. The van der Waals surface area contributed by atoms with Crippen molar-refractivity contribution in [3.63, 3.8) is 0 Å². The van der Waals surface area contributed by atoms with Crippen molar-refractivity contribution < 1.29 is 5.11 Å². The fourth-order valence-corrected chi connectivity index (χ4v) is 1.44. The van der Waals surface area contributed by atoms with Crippen LogP contribution in [0.4, 0.5) is 0 Å². The first-order valence-electron chi connectivity index (χ1n) is 5.36. The summed E-state index contributed by atoms with van der Waals surface area (Å²) in [5, 5.41) is 9.02. The predicted octanol–water partition coefficient (Wildman–Crippen LogP) is 1.31. The second kappa shape index (κ2) is 4.77. The van der Waals surface area contributed by atoms with Gasteiger partial charge >= 0.3 is 0 Å². The van der Waals surface area contributed by atoms with E-state index >= 15 is 0 Å². The van der Waals surface area contributed by atoms with Gasteiger partial charge in [0.2, 0.25) is 0 Å². The van der Waals surface area contributed by atoms with E-state index in [9.17, 15) is 0 Å². The van der Waals surface area contributed by atoms with Gasteiger partial charge in [0.15, 0.2) is 0 Å². The van der Waals surface area contributed by atoms with Gasteiger partial charge < -0.3 is 15.4 Å². The highest BCUT2D eigenvalue weighted by molar-refractivity contribution is 5.05. The first kappa shape index (κ1) is 12.2. The van der Waals surface area contributed by atoms with E-state index in [0.717, 1.165) is 18.7 Å². The number of imidazole rings is 1. The molecule has 1 atom stereocenters. The molecule has 4 nitrogen and oxygen atoms in total. The largest absolute Gasteiger partial charge is 0.394 e. The first-order chi connectivity index (χ1) is 7.00. The quantitative estimate of drug-likeness (QED) is 0.772. The Bertz CT molecular complexity index is 307. The number of aliphatic hydroxyl groups is 1. The number of aliphatic hydroxyl groups excluding tert-OH is 1. The molecule has 1 rings (SSSR count). The van der Waals surface area contributed by atoms with Crippen molar-refractivity contribution in [3.05, 3.63) is 18.2 Å². The molecule has 0 aromatic carbocycles. The molecule has 0 aliphatic rings. The SMILES string of the molecule is CCC(C)(C)Cn1cncc1C(N)CO. The van der Waals surface area contributed by atoms with Crippen LogP contribution in [0, 0.1) is 5.41 Å². The highest BCUT2D eigenvalue weighted by atomic mass is 16.3. The third-order valence-electron chi connectivity index (χ3n) is 2.88. The number of hydrogen-bond donors (Lipinski definition) is 2. The molecule has 4 heteroatoms. The second-order valence-corrected chi connectivity index (χ2v) is 4.75. The van der Waals surface area contributed by atoms with E-state index in [4.69, 9.17) is 10.8 Å². The molecule has 1 aromatic heterocycles. The van der Waals surface area contributed by atoms with Crippen molar-refractivity contribution in [2.45, 2.75) is 39.8 Å². The van der Waals surface area contributed by atoms with E-state index < -0.39 is 0 Å². The normalized spacial score (nSPS) is 14.2. The standard InChI is InChI=1S/C11H21N3O/c1-4-11(2,3)7-14-8-13-5-10(14)9(12)6-15/h5,8-9,15H,4,6-7,12H2,1-3H3. The number of aromatic nitrogens is 2. The summed E-state index contributed by atoms with van der Waals surface area (Å²) in [5.41, 5.74) is 6.92. The minimum atomic E-state index is -0.333. The molecular formula is C11H21N3O. The topological polar surface area (TPSA) is 64.1 Å². The number of hydrogen-bond acceptors (Lipinski definition) is 3. The van der Waals surface area contributed by atoms with Gasteiger partial charge in [-0.05, 0) is 11.8 Å². The summed E-state index contributed by atoms with van der Waals surface area (Å²) >= 11 is 0. The zero-order chi connectivity index (χ0) is 11.5. The van der Waals surface area contributed by atoms with Gasteiger partial charge in [-0.1, -0.05) is 20.8 Å². The molecule has 1 aromatic rings. The molecule has 0 spiro atoms. The van der Waals surface area contributed by atoms with Crippen LogP contribution in [0.2, 0.25) is 0 Å². The monoisotopic (exact) mass is 211 g/mol. The molecule has 3 N–H and O–H groups in total. The van der Waals surface area contributed by atoms with E-state index in [-0.39, 0.29) is 18.1 Å². The Labute approximate surface area is 91.1 Å². The lowest BCUT2D eigenvalue weighted by Crippen LogP contribution is -2.24. The Morgan fingerprint density at radius 2 is 2.27 bits per heavy atom. The second-order valence-electron chi connectivity index (χ2n) is 4.75. The van der Waals surface area contributed by atoms with Crippen LogP contribution in [0.1, 0.15) is 38.9 Å². The molecule has 1 heterocycles. The molecule has 0 fully saturated rings. The third kappa shape index (κ3) is 3.04. The lowest BCUT2D eigenvalue weighted by atomic mass is 9.90. The molecule has 0 saturated carbocycles. The van der Waals surface area contributed by atoms with E-state index in [2.05, 4.69) is 25.8 Å². The fourth-order valence-electron chi connectivity index (χ4n) is 1.44. The highest BCUT2D eigenvalue weighted by Crippen LogP contribution is 2.24. The van der Waals surface area contributed by atoms with Crippen LogP contribution in [0.3, 0.4) is 0 Å². The molecule has 0 aliphatic heterocycles. The summed E-state index contributed by atoms with van der Waals surface area (Å²) in [4.78, 5) is 4.08. The molecule has 0 amide bonds. The van der Waals surface area contributed by atoms with Crippen LogP contribution >= 0.6 is 0 Å². The summed E-state index contributed by atoms with van der Waals surface area (Å²) in [6.07, 6.45) is 4.61. The van der Waals surface area contributed by atoms with E-state index in [1.54, 1.807) is 12.5 Å². The number of nitrogens with two attached hydrogens (primary N) is 1. The van der Waals surface area contributed by atoms with Crippen molar-refractivity contribution in [1.82, 2.24) is 9.55 Å². The number of rotatable bonds is 5. The molecule has 0 saturated heterocycles. The van der Waals surface area contributed by atoms with Gasteiger partial charge in [-0.3, -0.25) is 0 Å². The Morgan fingerprint density at radius 3 is 2.80 bits per heavy atom. The number of nitrogens with zero attached hydrogens (tertiary/aromatic N) is 2. The van der Waals surface area contributed by atoms with Crippen LogP contribution in [0.25, 0.3) is 0 Å². The Balaban J connectivity index is 2.82. The summed E-state index contributed by atoms with van der Waals surface area (Å²) in [7, 11) is 0. The van der Waals surface area contributed by atoms with Gasteiger partial charge in [0.1, 0.15) is 0 Å². The van der Waals surface area contributed by atoms with Gasteiger partial charge in [0, 0.05) is 12.7 Å². The first-order valence-corrected chi connectivity index (χ1v) is 5.36. The average molecular weight is 211 g/mol. The van der Waals surface area contributed by atoms with Gasteiger partial charge in [-0.25, -0.2) is 4.98 Å². The zero-order valence-corrected chi connectivity index (χ0v) is 9.77. The van der Waals surface area contributed by atoms with Crippen molar-refractivity contribution in [2.24, 2.45) is 11.1 Å². The predicted molar refractivity (Wildman–Crippen MR) is 60.3 cm³/mol. The maximum atomic E-state index is 9.02. The molecule has 1 unspecified atom stereocenters. The smallest absolute Gasteiger partial charge is 0.0948 e. The molecular weight excluding hydrogens is 190 g/mol. The lowest BCUT2D eigenvalue weighted by molar-refractivity contribution is 0.251. The molecule has 0 radical (unpaired) electrons. The zero-order valence-electron chi connectivity index (χ0n) is 9.77. The maximum Gasteiger partial charge on any atom is 0.0948 e. The van der Waals surface area contributed by atoms with Crippen molar-refractivity contribution in [3.8, 4) is 0 Å². The average Bonchev–Trinajstić information content (AvgIpc) is 2.64. The molecule has 86 valence electrons. The minimum Gasteiger partial charge on any atom is -0.394 e. The van der Waals surface area contributed by atoms with Gasteiger partial charge in [0.25, 0.3) is 0 Å². The summed E-state index contributed by atoms with van der Waals surface area (Å²) in [6, 6.07) is -0.333. The third-order valence-corrected chi connectivity index (χ3v) is 2.88. The van der Waals surface area contributed by atoms with Crippen LogP contribution < -0.4 is 5.73 Å². The van der Waals surface area contributed by atoms with Gasteiger partial charge in [-0.15, -0.1) is 0 Å². The van der Waals surface area contributed by atoms with Gasteiger partial charge in [-0.2, -0.15) is 0 Å². The Morgan fingerprint density at radius 1 is 1.60 bits per heavy atom. The lowest BCUT2D eigenvalue weighted by Gasteiger charge is -2.25. The highest BCUT2D eigenvalue weighted by Gasteiger charge is 2.19. The van der Waals surface area contributed by atoms with Gasteiger partial charge in [0.05, 0.1) is 24.7 Å². The van der Waals surface area contributed by atoms with Crippen LogP contribution in [-0.4, -0.2) is 21.3 Å². The summed E-state index contributed by atoms with van der Waals surface area (Å²) in [5.74, 6) is 0. The Hall–Kier alpha value is -0.870. The van der Waals surface area contributed by atoms with E-state index in [1.807, 2.05) is 4.57 Å². The molecule has 0 bridgehead atoms. The summed E-state index contributed by atoms with van der Waals surface area (Å²) < 4.78 is 2.03. The van der Waals surface area contributed by atoms with E-state index in [1.165, 1.54) is 0 Å². The van der Waals surface area contributed by atoms with Crippen LogP contribution in [0.5, 0.6) is 0 Å². The van der Waals surface area contributed by atoms with Crippen molar-refractivity contribution >= 4 is 0 Å². The molecule has 15 heavy (non-hydrogen) atoms. The fraction of sp³-hybridized carbons (Fsp3) is 0.727. The minimum absolute atomic E-state index is 0.0434. The van der Waals surface area contributed by atoms with Crippen molar-refractivity contribution in [1.29, 1.82) is 0 Å². The van der Waals surface area contributed by atoms with Crippen molar-refractivity contribution in [2.75, 3.05) is 6.61 Å². The van der Waals surface area contributed by atoms with Crippen LogP contribution in [-0.2, 0) is 6.54 Å². The summed E-state index contributed by atoms with van der Waals surface area (Å²) in [6.45, 7) is 7.43. The molecule has 0 aliphatic carbocycles. The Kier molecular flexibility index (Phi) is 3.88. The van der Waals surface area contributed by atoms with E-state index in [0.29, 0.717) is 0 Å².